The van der Waals surface area contributed by atoms with Crippen molar-refractivity contribution in [3.63, 3.8) is 0 Å². The number of carbonyl (C=O) groups is 1. The molecule has 216 valence electrons. The molecule has 1 N–H and O–H groups in total. The van der Waals surface area contributed by atoms with Crippen LogP contribution in [0.5, 0.6) is 11.5 Å². The van der Waals surface area contributed by atoms with Crippen LogP contribution in [0.2, 0.25) is 5.02 Å². The van der Waals surface area contributed by atoms with E-state index < -0.39 is 28.3 Å². The van der Waals surface area contributed by atoms with Crippen LogP contribution in [-0.2, 0) is 12.8 Å². The Morgan fingerprint density at radius 3 is 2.34 bits per heavy atom. The molecule has 1 saturated heterocycles. The number of carbonyl (C=O) groups excluding carboxylic acids is 1. The smallest absolute Gasteiger partial charge is 0.416 e. The van der Waals surface area contributed by atoms with Gasteiger partial charge in [-0.15, -0.1) is 0 Å². The summed E-state index contributed by atoms with van der Waals surface area (Å²) in [6, 6.07) is 14.4. The van der Waals surface area contributed by atoms with E-state index in [1.54, 1.807) is 34.1 Å². The van der Waals surface area contributed by atoms with Crippen LogP contribution in [0.25, 0.3) is 0 Å². The molecule has 0 radical (unpaired) electrons. The fourth-order valence-corrected chi connectivity index (χ4v) is 4.58. The molecule has 0 spiro atoms. The van der Waals surface area contributed by atoms with Crippen LogP contribution in [0, 0.1) is 10.1 Å². The van der Waals surface area contributed by atoms with Crippen molar-refractivity contribution < 1.29 is 32.4 Å². The third-order valence-corrected chi connectivity index (χ3v) is 6.97. The zero-order valence-electron chi connectivity index (χ0n) is 21.6. The van der Waals surface area contributed by atoms with Crippen molar-refractivity contribution >= 4 is 46.2 Å². The number of rotatable bonds is 7. The molecule has 9 nitrogen and oxygen atoms in total. The van der Waals surface area contributed by atoms with Crippen molar-refractivity contribution in [1.29, 1.82) is 0 Å². The number of benzene rings is 3. The minimum atomic E-state index is -4.69. The summed E-state index contributed by atoms with van der Waals surface area (Å²) in [5.74, 6) is 0.317. The minimum absolute atomic E-state index is 0.0862. The van der Waals surface area contributed by atoms with E-state index in [1.807, 2.05) is 12.1 Å². The van der Waals surface area contributed by atoms with Crippen molar-refractivity contribution in [2.75, 3.05) is 38.2 Å². The standard InChI is InChI=1S/C27H24ClF3N4O5S/c1-39-24-14-18(4-9-23(24)40-16-17-2-6-20(28)7-3-17)25(36)32-26(41)34-12-10-33(11-13-34)21-8-5-19(27(29,30)31)15-22(21)35(37)38/h2-9,14-15H,10-13,16H2,1H3,(H,32,36,41). The van der Waals surface area contributed by atoms with E-state index in [0.29, 0.717) is 22.6 Å². The monoisotopic (exact) mass is 608 g/mol. The SMILES string of the molecule is COc1cc(C(=O)NC(=S)N2CCN(c3ccc(C(F)(F)F)cc3[N+](=O)[O-])CC2)ccc1OCc1ccc(Cl)cc1. The zero-order valence-corrected chi connectivity index (χ0v) is 23.2. The number of halogens is 4. The third kappa shape index (κ3) is 7.35. The molecular formula is C27H24ClF3N4O5S. The zero-order chi connectivity index (χ0) is 29.7. The minimum Gasteiger partial charge on any atom is -0.493 e. The summed E-state index contributed by atoms with van der Waals surface area (Å²) < 4.78 is 50.3. The van der Waals surface area contributed by atoms with Crippen molar-refractivity contribution in [3.8, 4) is 11.5 Å². The molecule has 3 aromatic rings. The Morgan fingerprint density at radius 2 is 1.73 bits per heavy atom. The van der Waals surface area contributed by atoms with Crippen molar-refractivity contribution in [1.82, 2.24) is 10.2 Å². The number of nitro groups is 1. The van der Waals surface area contributed by atoms with Crippen LogP contribution < -0.4 is 19.7 Å². The number of nitrogens with zero attached hydrogens (tertiary/aromatic N) is 3. The van der Waals surface area contributed by atoms with Crippen molar-refractivity contribution in [3.05, 3.63) is 92.5 Å². The number of amides is 1. The molecule has 1 amide bonds. The molecule has 41 heavy (non-hydrogen) atoms. The number of alkyl halides is 3. The maximum atomic E-state index is 13.0. The maximum absolute atomic E-state index is 13.0. The van der Waals surface area contributed by atoms with Gasteiger partial charge in [0.25, 0.3) is 11.6 Å². The maximum Gasteiger partial charge on any atom is 0.416 e. The van der Waals surface area contributed by atoms with Gasteiger partial charge in [-0.3, -0.25) is 20.2 Å². The number of anilines is 1. The van der Waals surface area contributed by atoms with Crippen LogP contribution in [-0.4, -0.2) is 54.1 Å². The predicted molar refractivity (Wildman–Crippen MR) is 151 cm³/mol. The second-order valence-corrected chi connectivity index (χ2v) is 9.80. The van der Waals surface area contributed by atoms with Gasteiger partial charge >= 0.3 is 6.18 Å². The summed E-state index contributed by atoms with van der Waals surface area (Å²) in [6.45, 7) is 1.34. The first-order chi connectivity index (χ1) is 19.5. The summed E-state index contributed by atoms with van der Waals surface area (Å²) in [5.41, 5.74) is -0.450. The second kappa shape index (κ2) is 12.6. The topological polar surface area (TPSA) is 97.2 Å². The van der Waals surface area contributed by atoms with Crippen LogP contribution in [0.4, 0.5) is 24.5 Å². The van der Waals surface area contributed by atoms with E-state index in [4.69, 9.17) is 33.3 Å². The molecule has 3 aromatic carbocycles. The third-order valence-electron chi connectivity index (χ3n) is 6.36. The number of nitro benzene ring substituents is 1. The van der Waals surface area contributed by atoms with Gasteiger partial charge in [0.1, 0.15) is 12.3 Å². The molecule has 1 fully saturated rings. The highest BCUT2D eigenvalue weighted by Gasteiger charge is 2.34. The number of hydrogen-bond donors (Lipinski definition) is 1. The molecule has 14 heteroatoms. The van der Waals surface area contributed by atoms with E-state index in [1.165, 1.54) is 13.2 Å². The van der Waals surface area contributed by atoms with E-state index in [9.17, 15) is 28.1 Å². The Bertz CT molecular complexity index is 1450. The number of methoxy groups -OCH3 is 1. The Kier molecular flexibility index (Phi) is 9.18. The van der Waals surface area contributed by atoms with Gasteiger partial charge in [-0.05, 0) is 60.2 Å². The molecule has 0 bridgehead atoms. The molecule has 0 saturated carbocycles. The van der Waals surface area contributed by atoms with Crippen LogP contribution in [0.3, 0.4) is 0 Å². The van der Waals surface area contributed by atoms with Crippen LogP contribution in [0.1, 0.15) is 21.5 Å². The summed E-state index contributed by atoms with van der Waals surface area (Å²) in [4.78, 5) is 26.9. The molecule has 0 aliphatic carbocycles. The van der Waals surface area contributed by atoms with E-state index in [2.05, 4.69) is 5.32 Å². The molecule has 0 aromatic heterocycles. The molecular weight excluding hydrogens is 585 g/mol. The lowest BCUT2D eigenvalue weighted by atomic mass is 10.1. The average molecular weight is 609 g/mol. The normalized spacial score (nSPS) is 13.5. The number of piperazine rings is 1. The predicted octanol–water partition coefficient (Wildman–Crippen LogP) is 5.69. The van der Waals surface area contributed by atoms with Crippen molar-refractivity contribution in [2.24, 2.45) is 0 Å². The highest BCUT2D eigenvalue weighted by molar-refractivity contribution is 7.80. The second-order valence-electron chi connectivity index (χ2n) is 8.97. The van der Waals surface area contributed by atoms with Gasteiger partial charge in [0.05, 0.1) is 17.6 Å². The van der Waals surface area contributed by atoms with Gasteiger partial charge in [0.2, 0.25) is 0 Å². The van der Waals surface area contributed by atoms with Crippen molar-refractivity contribution in [2.45, 2.75) is 12.8 Å². The Morgan fingerprint density at radius 1 is 1.05 bits per heavy atom. The summed E-state index contributed by atoms with van der Waals surface area (Å²) in [7, 11) is 1.46. The Balaban J connectivity index is 1.35. The summed E-state index contributed by atoms with van der Waals surface area (Å²) in [6.07, 6.45) is -4.69. The largest absolute Gasteiger partial charge is 0.493 e. The first-order valence-corrected chi connectivity index (χ1v) is 13.0. The molecule has 0 unspecified atom stereocenters. The molecule has 1 aliphatic rings. The lowest BCUT2D eigenvalue weighted by Crippen LogP contribution is -2.52. The van der Waals surface area contributed by atoms with Gasteiger partial charge < -0.3 is 19.3 Å². The highest BCUT2D eigenvalue weighted by Crippen LogP contribution is 2.37. The fourth-order valence-electron chi connectivity index (χ4n) is 4.18. The summed E-state index contributed by atoms with van der Waals surface area (Å²) >= 11 is 11.3. The molecule has 4 rings (SSSR count). The fraction of sp³-hybridized carbons (Fsp3) is 0.259. The molecule has 1 aliphatic heterocycles. The Hall–Kier alpha value is -4.10. The first kappa shape index (κ1) is 29.9. The van der Waals surface area contributed by atoms with Gasteiger partial charge in [-0.2, -0.15) is 13.2 Å². The van der Waals surface area contributed by atoms with Gasteiger partial charge in [0.15, 0.2) is 16.6 Å². The quantitative estimate of drug-likeness (QED) is 0.208. The first-order valence-electron chi connectivity index (χ1n) is 12.2. The van der Waals surface area contributed by atoms with Gasteiger partial charge in [-0.25, -0.2) is 0 Å². The molecule has 0 atom stereocenters. The van der Waals surface area contributed by atoms with Crippen LogP contribution >= 0.6 is 23.8 Å². The lowest BCUT2D eigenvalue weighted by Gasteiger charge is -2.37. The highest BCUT2D eigenvalue weighted by atomic mass is 35.5. The number of nitrogens with one attached hydrogen (secondary N) is 1. The van der Waals surface area contributed by atoms with Gasteiger partial charge in [0, 0.05) is 42.8 Å². The summed E-state index contributed by atoms with van der Waals surface area (Å²) in [5, 5.41) is 14.9. The lowest BCUT2D eigenvalue weighted by molar-refractivity contribution is -0.384. The van der Waals surface area contributed by atoms with Gasteiger partial charge in [-0.1, -0.05) is 23.7 Å². The number of thiocarbonyl (C=S) groups is 1. The average Bonchev–Trinajstić information content (AvgIpc) is 2.96. The van der Waals surface area contributed by atoms with E-state index in [-0.39, 0.29) is 49.1 Å². The number of hydrogen-bond acceptors (Lipinski definition) is 7. The van der Waals surface area contributed by atoms with Crippen LogP contribution in [0.15, 0.2) is 60.7 Å². The Labute approximate surface area is 243 Å². The van der Waals surface area contributed by atoms with E-state index in [0.717, 1.165) is 17.7 Å². The van der Waals surface area contributed by atoms with E-state index >= 15 is 0 Å². The molecule has 1 heterocycles. The number of ether oxygens (including phenoxy) is 2.